The molecular weight excluding hydrogens is 587 g/mol. The maximum Gasteiger partial charge on any atom is 0.376 e. The molecule has 0 unspecified atom stereocenters. The summed E-state index contributed by atoms with van der Waals surface area (Å²) in [4.78, 5) is 5.78. The van der Waals surface area contributed by atoms with Gasteiger partial charge in [-0.2, -0.15) is 0 Å². The van der Waals surface area contributed by atoms with E-state index in [4.69, 9.17) is 15.3 Å². The van der Waals surface area contributed by atoms with Crippen molar-refractivity contribution < 1.29 is 0 Å². The monoisotopic (exact) mass is 627 g/mol. The molecule has 1 aliphatic rings. The Hall–Kier alpha value is -3.21. The van der Waals surface area contributed by atoms with Crippen molar-refractivity contribution in [1.82, 2.24) is 29.4 Å². The highest BCUT2D eigenvalue weighted by molar-refractivity contribution is 7.14. The van der Waals surface area contributed by atoms with Gasteiger partial charge in [0.15, 0.2) is 0 Å². The molecule has 0 saturated heterocycles. The zero-order valence-electron chi connectivity index (χ0n) is 26.5. The van der Waals surface area contributed by atoms with Gasteiger partial charge in [-0.3, -0.25) is 0 Å². The number of rotatable bonds is 6. The molecule has 0 spiro atoms. The highest BCUT2D eigenvalue weighted by Crippen LogP contribution is 2.37. The van der Waals surface area contributed by atoms with Crippen LogP contribution in [0.5, 0.6) is 0 Å². The summed E-state index contributed by atoms with van der Waals surface area (Å²) in [7, 11) is -1.74. The summed E-state index contributed by atoms with van der Waals surface area (Å²) in [6.07, 6.45) is 2.27. The Labute approximate surface area is 267 Å². The van der Waals surface area contributed by atoms with Gasteiger partial charge in [0.2, 0.25) is 0 Å². The Bertz CT molecular complexity index is 1680. The zero-order chi connectivity index (χ0) is 30.7. The third kappa shape index (κ3) is 5.72. The van der Waals surface area contributed by atoms with Crippen LogP contribution in [0.4, 0.5) is 0 Å². The van der Waals surface area contributed by atoms with Crippen molar-refractivity contribution in [2.75, 3.05) is 0 Å². The fourth-order valence-corrected chi connectivity index (χ4v) is 7.48. The van der Waals surface area contributed by atoms with Crippen LogP contribution in [-0.4, -0.2) is 37.1 Å². The number of thiophene rings is 3. The van der Waals surface area contributed by atoms with Gasteiger partial charge in [-0.15, -0.1) is 34.0 Å². The molecule has 0 bridgehead atoms. The van der Waals surface area contributed by atoms with Gasteiger partial charge in [0.05, 0.1) is 27.4 Å². The minimum atomic E-state index is -1.74. The van der Waals surface area contributed by atoms with Crippen molar-refractivity contribution in [1.29, 1.82) is 0 Å². The highest BCUT2D eigenvalue weighted by Gasteiger charge is 2.42. The van der Waals surface area contributed by atoms with Crippen LogP contribution < -0.4 is 5.10 Å². The molecule has 0 amide bonds. The average Bonchev–Trinajstić information content (AvgIpc) is 3.76. The molecular formula is C33H40BN6S3. The third-order valence-corrected chi connectivity index (χ3v) is 10.4. The van der Waals surface area contributed by atoms with Crippen LogP contribution in [0.2, 0.25) is 0 Å². The van der Waals surface area contributed by atoms with Crippen molar-refractivity contribution in [3.63, 3.8) is 0 Å². The first-order valence-electron chi connectivity index (χ1n) is 14.8. The lowest BCUT2D eigenvalue weighted by atomic mass is 9.89. The van der Waals surface area contributed by atoms with Crippen LogP contribution in [0, 0.1) is 5.41 Å². The molecule has 43 heavy (non-hydrogen) atoms. The van der Waals surface area contributed by atoms with E-state index in [1.165, 1.54) is 14.6 Å². The predicted octanol–water partition coefficient (Wildman–Crippen LogP) is 8.40. The summed E-state index contributed by atoms with van der Waals surface area (Å²) < 4.78 is 4.47. The molecule has 10 heteroatoms. The molecule has 223 valence electrons. The van der Waals surface area contributed by atoms with Crippen molar-refractivity contribution in [3.05, 3.63) is 87.0 Å². The Morgan fingerprint density at radius 2 is 1.07 bits per heavy atom. The van der Waals surface area contributed by atoms with E-state index in [9.17, 15) is 0 Å². The third-order valence-electron chi connectivity index (χ3n) is 7.77. The lowest BCUT2D eigenvalue weighted by Gasteiger charge is -2.32. The first-order chi connectivity index (χ1) is 20.2. The van der Waals surface area contributed by atoms with Gasteiger partial charge in [0.25, 0.3) is 5.71 Å². The number of hydrazone groups is 1. The van der Waals surface area contributed by atoms with E-state index in [2.05, 4.69) is 147 Å². The minimum absolute atomic E-state index is 0.129. The van der Waals surface area contributed by atoms with Crippen molar-refractivity contribution in [2.45, 2.75) is 73.1 Å². The van der Waals surface area contributed by atoms with Gasteiger partial charge in [-0.05, 0) is 67.2 Å². The molecule has 5 aromatic heterocycles. The van der Waals surface area contributed by atoms with Crippen LogP contribution in [0.1, 0.15) is 78.6 Å². The number of allylic oxidation sites excluding steroid dienone is 1. The smallest absolute Gasteiger partial charge is 0.376 e. The second-order valence-electron chi connectivity index (χ2n) is 14.3. The second-order valence-corrected chi connectivity index (χ2v) is 17.2. The maximum absolute atomic E-state index is 5.42. The van der Waals surface area contributed by atoms with Gasteiger partial charge in [-0.25, -0.2) is 15.1 Å². The van der Waals surface area contributed by atoms with Crippen molar-refractivity contribution in [3.8, 4) is 21.1 Å². The van der Waals surface area contributed by atoms with Crippen molar-refractivity contribution >= 4 is 52.5 Å². The largest absolute Gasteiger partial charge is 0.393 e. The van der Waals surface area contributed by atoms with Crippen molar-refractivity contribution in [2.24, 2.45) is 5.41 Å². The normalized spacial score (nSPS) is 14.6. The Kier molecular flexibility index (Phi) is 7.46. The summed E-state index contributed by atoms with van der Waals surface area (Å²) in [6.45, 7) is 20.1. The molecule has 6 nitrogen and oxygen atoms in total. The highest BCUT2D eigenvalue weighted by atomic mass is 32.1. The molecule has 1 radical (unpaired) electrons. The topological polar surface area (TPSA) is 53.0 Å². The maximum atomic E-state index is 5.42. The van der Waals surface area contributed by atoms with Gasteiger partial charge in [0.1, 0.15) is 5.10 Å². The molecule has 1 aliphatic heterocycles. The fourth-order valence-electron chi connectivity index (χ4n) is 5.25. The number of hydrogen-bond donors (Lipinski definition) is 0. The van der Waals surface area contributed by atoms with Gasteiger partial charge >= 0.3 is 7.12 Å². The van der Waals surface area contributed by atoms with E-state index in [-0.39, 0.29) is 16.2 Å². The van der Waals surface area contributed by atoms with E-state index in [0.29, 0.717) is 0 Å². The fraction of sp³-hybridized carbons (Fsp3) is 0.364. The standard InChI is InChI=1S/C33H40BN6S3/c1-31(2,3)28-19-22(25-13-10-16-41-25)38(35-28)34(39-23(26-14-11-17-42-26)20-29(36-39)32(4,5)6)40-24(27-15-12-18-43-27)21-30(37-40)33(7,8)9/h10-21,34H,1-9H3. The number of hydrogen-bond acceptors (Lipinski definition) is 7. The molecule has 0 saturated carbocycles. The number of nitrogens with zero attached hydrogens (tertiary/aromatic N) is 6. The van der Waals surface area contributed by atoms with Gasteiger partial charge in [0, 0.05) is 38.0 Å². The average molecular weight is 628 g/mol. The first-order valence-corrected chi connectivity index (χ1v) is 17.4. The zero-order valence-corrected chi connectivity index (χ0v) is 29.0. The van der Waals surface area contributed by atoms with Crippen LogP contribution >= 0.6 is 34.0 Å². The summed E-state index contributed by atoms with van der Waals surface area (Å²) in [6, 6.07) is 17.4. The molecule has 0 atom stereocenters. The van der Waals surface area contributed by atoms with E-state index in [0.717, 1.165) is 34.2 Å². The van der Waals surface area contributed by atoms with E-state index in [1.807, 2.05) is 0 Å². The van der Waals surface area contributed by atoms with E-state index < -0.39 is 7.12 Å². The Balaban J connectivity index is 1.69. The lowest BCUT2D eigenvalue weighted by molar-refractivity contribution is 0.504. The van der Waals surface area contributed by atoms with E-state index >= 15 is 0 Å². The van der Waals surface area contributed by atoms with E-state index in [1.54, 1.807) is 34.0 Å². The molecule has 6 rings (SSSR count). The molecule has 5 aromatic rings. The first kappa shape index (κ1) is 29.8. The molecule has 6 heterocycles. The minimum Gasteiger partial charge on any atom is -0.393 e. The molecule has 0 aromatic carbocycles. The predicted molar refractivity (Wildman–Crippen MR) is 187 cm³/mol. The molecule has 0 aliphatic carbocycles. The molecule has 0 N–H and O–H groups in total. The van der Waals surface area contributed by atoms with Gasteiger partial charge < -0.3 is 9.19 Å². The SMILES string of the molecule is CC(C)(C)C1=[N+]N([BH-](n2nc(C(C)(C)C)cc2-c2cccs2)n2nc(C(C)(C)C)cc2-c2cccs2)C(c2cccs2)=C1. The lowest BCUT2D eigenvalue weighted by Crippen LogP contribution is -2.52. The summed E-state index contributed by atoms with van der Waals surface area (Å²) in [5.41, 5.74) is 6.04. The quantitative estimate of drug-likeness (QED) is 0.178. The summed E-state index contributed by atoms with van der Waals surface area (Å²) >= 11 is 5.23. The van der Waals surface area contributed by atoms with Crippen LogP contribution in [0.3, 0.4) is 0 Å². The van der Waals surface area contributed by atoms with Gasteiger partial charge in [-0.1, -0.05) is 59.7 Å². The van der Waals surface area contributed by atoms with Crippen LogP contribution in [-0.2, 0) is 10.8 Å². The van der Waals surface area contributed by atoms with Crippen LogP contribution in [0.15, 0.2) is 70.7 Å². The Morgan fingerprint density at radius 1 is 0.628 bits per heavy atom. The molecule has 0 fully saturated rings. The summed E-state index contributed by atoms with van der Waals surface area (Å²) in [5.74, 6) is 0. The summed E-state index contributed by atoms with van der Waals surface area (Å²) in [5, 5.41) is 22.7. The number of aromatic nitrogens is 4. The second kappa shape index (κ2) is 10.8. The van der Waals surface area contributed by atoms with Crippen LogP contribution in [0.25, 0.3) is 26.8 Å². The Morgan fingerprint density at radius 3 is 1.44 bits per heavy atom.